The third-order valence-corrected chi connectivity index (χ3v) is 2.58. The molecule has 1 aromatic heterocycles. The summed E-state index contributed by atoms with van der Waals surface area (Å²) in [7, 11) is 0. The number of rotatable bonds is 3. The summed E-state index contributed by atoms with van der Waals surface area (Å²) in [6.07, 6.45) is -3.30. The van der Waals surface area contributed by atoms with Gasteiger partial charge in [0.2, 0.25) is 5.88 Å². The van der Waals surface area contributed by atoms with Crippen LogP contribution in [0.15, 0.2) is 30.6 Å². The van der Waals surface area contributed by atoms with Crippen molar-refractivity contribution in [3.8, 4) is 11.6 Å². The predicted octanol–water partition coefficient (Wildman–Crippen LogP) is 3.05. The minimum atomic E-state index is -4.53. The number of hydrogen-bond acceptors (Lipinski definition) is 4. The van der Waals surface area contributed by atoms with Crippen LogP contribution in [0.2, 0.25) is 0 Å². The Hall–Kier alpha value is -2.15. The van der Waals surface area contributed by atoms with Crippen LogP contribution >= 0.6 is 0 Å². The van der Waals surface area contributed by atoms with E-state index in [1.807, 2.05) is 0 Å². The fourth-order valence-electron chi connectivity index (χ4n) is 1.61. The summed E-state index contributed by atoms with van der Waals surface area (Å²) in [6.45, 7) is 1.71. The number of halogens is 3. The molecule has 0 bridgehead atoms. The van der Waals surface area contributed by atoms with Gasteiger partial charge in [-0.3, -0.25) is 0 Å². The van der Waals surface area contributed by atoms with Gasteiger partial charge in [-0.2, -0.15) is 13.2 Å². The zero-order valence-corrected chi connectivity index (χ0v) is 10.6. The van der Waals surface area contributed by atoms with Gasteiger partial charge in [0, 0.05) is 18.3 Å². The lowest BCUT2D eigenvalue weighted by Crippen LogP contribution is -2.09. The van der Waals surface area contributed by atoms with Crippen LogP contribution in [0.4, 0.5) is 13.2 Å². The van der Waals surface area contributed by atoms with Crippen molar-refractivity contribution in [2.45, 2.75) is 19.6 Å². The average molecular weight is 283 g/mol. The summed E-state index contributed by atoms with van der Waals surface area (Å²) in [6, 6.07) is 5.15. The molecule has 2 N–H and O–H groups in total. The highest BCUT2D eigenvalue weighted by molar-refractivity contribution is 5.41. The third-order valence-electron chi connectivity index (χ3n) is 2.58. The number of aryl methyl sites for hydroxylation is 1. The molecule has 0 saturated carbocycles. The zero-order chi connectivity index (χ0) is 14.8. The van der Waals surface area contributed by atoms with Crippen molar-refractivity contribution in [2.24, 2.45) is 5.73 Å². The normalized spacial score (nSPS) is 11.4. The van der Waals surface area contributed by atoms with E-state index in [2.05, 4.69) is 9.97 Å². The van der Waals surface area contributed by atoms with Crippen LogP contribution in [0.3, 0.4) is 0 Å². The molecule has 1 heterocycles. The van der Waals surface area contributed by atoms with Gasteiger partial charge in [0.25, 0.3) is 0 Å². The van der Waals surface area contributed by atoms with E-state index in [4.69, 9.17) is 10.5 Å². The summed E-state index contributed by atoms with van der Waals surface area (Å²) in [4.78, 5) is 7.63. The highest BCUT2D eigenvalue weighted by Crippen LogP contribution is 2.38. The maximum absolute atomic E-state index is 13.0. The Bertz CT molecular complexity index is 614. The van der Waals surface area contributed by atoms with Crippen molar-refractivity contribution >= 4 is 0 Å². The second-order valence-corrected chi connectivity index (χ2v) is 4.13. The average Bonchev–Trinajstić information content (AvgIpc) is 2.38. The molecule has 2 aromatic rings. The lowest BCUT2D eigenvalue weighted by molar-refractivity contribution is -0.138. The lowest BCUT2D eigenvalue weighted by Gasteiger charge is -2.14. The maximum atomic E-state index is 13.0. The van der Waals surface area contributed by atoms with Gasteiger partial charge in [0.05, 0.1) is 5.56 Å². The van der Waals surface area contributed by atoms with Crippen LogP contribution in [0.1, 0.15) is 16.8 Å². The second kappa shape index (κ2) is 5.46. The van der Waals surface area contributed by atoms with E-state index in [1.165, 1.54) is 24.5 Å². The van der Waals surface area contributed by atoms with Crippen LogP contribution in [0.25, 0.3) is 0 Å². The van der Waals surface area contributed by atoms with Crippen molar-refractivity contribution in [2.75, 3.05) is 0 Å². The van der Waals surface area contributed by atoms with Crippen LogP contribution in [-0.2, 0) is 12.7 Å². The van der Waals surface area contributed by atoms with Gasteiger partial charge in [-0.15, -0.1) is 0 Å². The first-order valence-corrected chi connectivity index (χ1v) is 5.77. The molecule has 0 saturated heterocycles. The number of ether oxygens (including phenoxy) is 1. The van der Waals surface area contributed by atoms with Crippen molar-refractivity contribution < 1.29 is 17.9 Å². The van der Waals surface area contributed by atoms with E-state index >= 15 is 0 Å². The predicted molar refractivity (Wildman–Crippen MR) is 66.2 cm³/mol. The van der Waals surface area contributed by atoms with E-state index in [9.17, 15) is 13.2 Å². The SMILES string of the molecule is Cc1cc(Oc2ccc(CN)cc2C(F)(F)F)ncn1. The lowest BCUT2D eigenvalue weighted by atomic mass is 10.1. The molecule has 0 aliphatic heterocycles. The van der Waals surface area contributed by atoms with E-state index < -0.39 is 11.7 Å². The van der Waals surface area contributed by atoms with Crippen LogP contribution in [0, 0.1) is 6.92 Å². The van der Waals surface area contributed by atoms with Crippen LogP contribution < -0.4 is 10.5 Å². The van der Waals surface area contributed by atoms with Crippen molar-refractivity contribution in [1.29, 1.82) is 0 Å². The van der Waals surface area contributed by atoms with E-state index in [1.54, 1.807) is 6.92 Å². The number of aromatic nitrogens is 2. The number of nitrogens with zero attached hydrogens (tertiary/aromatic N) is 2. The highest BCUT2D eigenvalue weighted by Gasteiger charge is 2.34. The second-order valence-electron chi connectivity index (χ2n) is 4.13. The van der Waals surface area contributed by atoms with E-state index in [0.29, 0.717) is 11.3 Å². The molecule has 0 aliphatic carbocycles. The van der Waals surface area contributed by atoms with Crippen LogP contribution in [0.5, 0.6) is 11.6 Å². The highest BCUT2D eigenvalue weighted by atomic mass is 19.4. The van der Waals surface area contributed by atoms with Gasteiger partial charge < -0.3 is 10.5 Å². The van der Waals surface area contributed by atoms with E-state index in [0.717, 1.165) is 6.07 Å². The number of hydrogen-bond donors (Lipinski definition) is 1. The molecular weight excluding hydrogens is 271 g/mol. The molecule has 0 spiro atoms. The van der Waals surface area contributed by atoms with Crippen molar-refractivity contribution in [1.82, 2.24) is 9.97 Å². The fraction of sp³-hybridized carbons (Fsp3) is 0.231. The van der Waals surface area contributed by atoms with Gasteiger partial charge in [-0.1, -0.05) is 6.07 Å². The number of nitrogens with two attached hydrogens (primary N) is 1. The molecule has 0 amide bonds. The third kappa shape index (κ3) is 3.24. The van der Waals surface area contributed by atoms with Gasteiger partial charge in [0.1, 0.15) is 12.1 Å². The largest absolute Gasteiger partial charge is 0.438 e. The number of benzene rings is 1. The summed E-state index contributed by atoms with van der Waals surface area (Å²) in [5.74, 6) is -0.253. The Morgan fingerprint density at radius 1 is 1.20 bits per heavy atom. The Labute approximate surface area is 113 Å². The molecule has 106 valence electrons. The molecule has 1 aromatic carbocycles. The molecule has 0 fully saturated rings. The summed E-state index contributed by atoms with van der Waals surface area (Å²) in [5.41, 5.74) is 5.46. The van der Waals surface area contributed by atoms with E-state index in [-0.39, 0.29) is 18.2 Å². The molecule has 4 nitrogen and oxygen atoms in total. The van der Waals surface area contributed by atoms with Gasteiger partial charge in [0.15, 0.2) is 0 Å². The van der Waals surface area contributed by atoms with Crippen molar-refractivity contribution in [3.63, 3.8) is 0 Å². The summed E-state index contributed by atoms with van der Waals surface area (Å²) < 4.78 is 44.2. The first-order chi connectivity index (χ1) is 9.40. The minimum Gasteiger partial charge on any atom is -0.438 e. The van der Waals surface area contributed by atoms with Crippen molar-refractivity contribution in [3.05, 3.63) is 47.4 Å². The molecule has 0 radical (unpaired) electrons. The molecule has 2 rings (SSSR count). The smallest absolute Gasteiger partial charge is 0.419 e. The molecule has 0 unspecified atom stereocenters. The topological polar surface area (TPSA) is 61.0 Å². The minimum absolute atomic E-state index is 0.0238. The molecular formula is C13H12F3N3O. The molecule has 7 heteroatoms. The Kier molecular flexibility index (Phi) is 3.89. The Morgan fingerprint density at radius 3 is 2.55 bits per heavy atom. The van der Waals surface area contributed by atoms with Gasteiger partial charge >= 0.3 is 6.18 Å². The maximum Gasteiger partial charge on any atom is 0.419 e. The Balaban J connectivity index is 2.41. The van der Waals surface area contributed by atoms with Gasteiger partial charge in [-0.05, 0) is 24.6 Å². The molecule has 20 heavy (non-hydrogen) atoms. The molecule has 0 aliphatic rings. The fourth-order valence-corrected chi connectivity index (χ4v) is 1.61. The van der Waals surface area contributed by atoms with Gasteiger partial charge in [-0.25, -0.2) is 9.97 Å². The first kappa shape index (κ1) is 14.3. The standard InChI is InChI=1S/C13H12F3N3O/c1-8-4-12(19-7-18-8)20-11-3-2-9(6-17)5-10(11)13(14,15)16/h2-5,7H,6,17H2,1H3. The quantitative estimate of drug-likeness (QED) is 0.940. The number of alkyl halides is 3. The summed E-state index contributed by atoms with van der Waals surface area (Å²) in [5, 5.41) is 0. The Morgan fingerprint density at radius 2 is 1.95 bits per heavy atom. The zero-order valence-electron chi connectivity index (χ0n) is 10.6. The van der Waals surface area contributed by atoms with Crippen LogP contribution in [-0.4, -0.2) is 9.97 Å². The monoisotopic (exact) mass is 283 g/mol. The molecule has 0 atom stereocenters. The summed E-state index contributed by atoms with van der Waals surface area (Å²) >= 11 is 0. The first-order valence-electron chi connectivity index (χ1n) is 5.77.